The number of carbonyl (C=O) groups excluding carboxylic acids is 2. The van der Waals surface area contributed by atoms with Crippen LogP contribution in [-0.4, -0.2) is 42.5 Å². The molecular weight excluding hydrogens is 419 g/mol. The van der Waals surface area contributed by atoms with Crippen molar-refractivity contribution in [3.63, 3.8) is 0 Å². The van der Waals surface area contributed by atoms with Gasteiger partial charge in [-0.1, -0.05) is 41.0 Å². The molecule has 1 aliphatic rings. The fourth-order valence-corrected chi connectivity index (χ4v) is 6.13. The van der Waals surface area contributed by atoms with Gasteiger partial charge in [-0.05, 0) is 52.4 Å². The van der Waals surface area contributed by atoms with Crippen molar-refractivity contribution in [2.24, 2.45) is 16.7 Å². The van der Waals surface area contributed by atoms with Gasteiger partial charge in [0, 0.05) is 5.41 Å². The number of carbonyl (C=O) groups is 2. The Hall–Kier alpha value is -0.910. The highest BCUT2D eigenvalue weighted by atomic mass is 31.2. The first-order valence-electron chi connectivity index (χ1n) is 11.4. The lowest BCUT2D eigenvalue weighted by molar-refractivity contribution is -0.162. The molecule has 1 rings (SSSR count). The smallest absolute Gasteiger partial charge is 0.345 e. The molecule has 0 heterocycles. The molecule has 3 unspecified atom stereocenters. The summed E-state index contributed by atoms with van der Waals surface area (Å²) in [5, 5.41) is 0. The van der Waals surface area contributed by atoms with E-state index in [2.05, 4.69) is 34.6 Å². The second-order valence-electron chi connectivity index (χ2n) is 10.4. The molecule has 0 aromatic carbocycles. The topological polar surface area (TPSA) is 88.1 Å². The molecule has 0 amide bonds. The molecule has 0 N–H and O–H groups in total. The normalized spacial score (nSPS) is 23.9. The van der Waals surface area contributed by atoms with Crippen LogP contribution >= 0.6 is 7.60 Å². The van der Waals surface area contributed by atoms with Crippen LogP contribution in [0.5, 0.6) is 0 Å². The van der Waals surface area contributed by atoms with E-state index in [0.29, 0.717) is 5.92 Å². The Kier molecular flexibility index (Phi) is 9.39. The minimum atomic E-state index is -3.92. The molecule has 0 spiro atoms. The Bertz CT molecular complexity index is 668. The number of hydrogen-bond donors (Lipinski definition) is 0. The molecule has 8 heteroatoms. The average molecular weight is 463 g/mol. The minimum Gasteiger partial charge on any atom is -0.462 e. The van der Waals surface area contributed by atoms with E-state index in [9.17, 15) is 14.2 Å². The fourth-order valence-electron chi connectivity index (χ4n) is 4.30. The SMILES string of the molecule is CCOP(=O)(OCC)C(CC(=O)OC1CC(CC)C(C)(C)C1(C)C)C(=O)OC(C)(C)C. The molecule has 1 saturated carbocycles. The van der Waals surface area contributed by atoms with E-state index in [1.54, 1.807) is 34.6 Å². The average Bonchev–Trinajstić information content (AvgIpc) is 2.77. The van der Waals surface area contributed by atoms with Gasteiger partial charge in [0.1, 0.15) is 11.7 Å². The van der Waals surface area contributed by atoms with Gasteiger partial charge in [-0.2, -0.15) is 0 Å². The van der Waals surface area contributed by atoms with Crippen LogP contribution in [0.2, 0.25) is 0 Å². The molecule has 0 aliphatic heterocycles. The number of esters is 2. The van der Waals surface area contributed by atoms with Gasteiger partial charge in [0.15, 0.2) is 5.66 Å². The third-order valence-electron chi connectivity index (χ3n) is 6.79. The number of ether oxygens (including phenoxy) is 2. The number of hydrogen-bond acceptors (Lipinski definition) is 7. The van der Waals surface area contributed by atoms with Crippen molar-refractivity contribution in [3.05, 3.63) is 0 Å². The van der Waals surface area contributed by atoms with Crippen LogP contribution in [0, 0.1) is 16.7 Å². The Morgan fingerprint density at radius 2 is 1.52 bits per heavy atom. The van der Waals surface area contributed by atoms with Crippen molar-refractivity contribution in [3.8, 4) is 0 Å². The molecule has 1 aliphatic carbocycles. The molecule has 0 radical (unpaired) electrons. The van der Waals surface area contributed by atoms with E-state index in [4.69, 9.17) is 18.5 Å². The van der Waals surface area contributed by atoms with Crippen LogP contribution in [0.1, 0.15) is 88.5 Å². The van der Waals surface area contributed by atoms with Crippen LogP contribution in [-0.2, 0) is 32.7 Å². The van der Waals surface area contributed by atoms with E-state index in [0.717, 1.165) is 12.8 Å². The van der Waals surface area contributed by atoms with Crippen molar-refractivity contribution < 1.29 is 32.7 Å². The zero-order chi connectivity index (χ0) is 24.3. The monoisotopic (exact) mass is 462 g/mol. The van der Waals surface area contributed by atoms with Crippen LogP contribution in [0.3, 0.4) is 0 Å². The summed E-state index contributed by atoms with van der Waals surface area (Å²) >= 11 is 0. The van der Waals surface area contributed by atoms with E-state index in [-0.39, 0.29) is 30.1 Å². The van der Waals surface area contributed by atoms with E-state index in [1.165, 1.54) is 0 Å². The summed E-state index contributed by atoms with van der Waals surface area (Å²) < 4.78 is 35.4. The van der Waals surface area contributed by atoms with Crippen molar-refractivity contribution >= 4 is 19.5 Å². The predicted molar refractivity (Wildman–Crippen MR) is 121 cm³/mol. The highest BCUT2D eigenvalue weighted by Gasteiger charge is 2.56. The molecule has 0 aromatic heterocycles. The summed E-state index contributed by atoms with van der Waals surface area (Å²) in [5.41, 5.74) is -2.44. The van der Waals surface area contributed by atoms with Crippen molar-refractivity contribution in [1.29, 1.82) is 0 Å². The van der Waals surface area contributed by atoms with Crippen molar-refractivity contribution in [2.75, 3.05) is 13.2 Å². The first kappa shape index (κ1) is 28.1. The Balaban J connectivity index is 3.12. The molecular formula is C23H43O7P. The summed E-state index contributed by atoms with van der Waals surface area (Å²) in [6.45, 7) is 19.4. The van der Waals surface area contributed by atoms with Gasteiger partial charge in [-0.15, -0.1) is 0 Å². The first-order valence-corrected chi connectivity index (χ1v) is 13.0. The third-order valence-corrected chi connectivity index (χ3v) is 9.18. The molecule has 1 fully saturated rings. The second kappa shape index (κ2) is 10.4. The lowest BCUT2D eigenvalue weighted by Gasteiger charge is -2.41. The van der Waals surface area contributed by atoms with Gasteiger partial charge in [-0.3, -0.25) is 14.2 Å². The largest absolute Gasteiger partial charge is 0.462 e. The molecule has 3 atom stereocenters. The maximum atomic E-state index is 13.4. The zero-order valence-corrected chi connectivity index (χ0v) is 22.0. The lowest BCUT2D eigenvalue weighted by Crippen LogP contribution is -2.40. The molecule has 31 heavy (non-hydrogen) atoms. The van der Waals surface area contributed by atoms with Gasteiger partial charge in [0.05, 0.1) is 19.6 Å². The van der Waals surface area contributed by atoms with Gasteiger partial charge in [0.25, 0.3) is 0 Å². The maximum absolute atomic E-state index is 13.4. The van der Waals surface area contributed by atoms with Crippen LogP contribution in [0.15, 0.2) is 0 Å². The standard InChI is InChI=1S/C23H43O7P/c1-11-16-14-18(23(9,10)22(16,7)8)29-19(24)15-17(20(25)30-21(4,5)6)31(26,27-12-2)28-13-3/h16-18H,11-15H2,1-10H3. The molecule has 0 saturated heterocycles. The molecule has 0 bridgehead atoms. The van der Waals surface area contributed by atoms with Crippen molar-refractivity contribution in [2.45, 2.75) is 106 Å². The Labute approximate surface area is 188 Å². The van der Waals surface area contributed by atoms with Crippen LogP contribution < -0.4 is 0 Å². The Morgan fingerprint density at radius 3 is 1.90 bits per heavy atom. The first-order chi connectivity index (χ1) is 14.1. The molecule has 182 valence electrons. The second-order valence-corrected chi connectivity index (χ2v) is 12.6. The zero-order valence-electron chi connectivity index (χ0n) is 21.1. The quantitative estimate of drug-likeness (QED) is 0.302. The fraction of sp³-hybridized carbons (Fsp3) is 0.913. The summed E-state index contributed by atoms with van der Waals surface area (Å²) in [7, 11) is -3.92. The summed E-state index contributed by atoms with van der Waals surface area (Å²) in [4.78, 5) is 25.9. The van der Waals surface area contributed by atoms with Gasteiger partial charge in [-0.25, -0.2) is 0 Å². The van der Waals surface area contributed by atoms with E-state index >= 15 is 0 Å². The maximum Gasteiger partial charge on any atom is 0.345 e. The van der Waals surface area contributed by atoms with Crippen LogP contribution in [0.25, 0.3) is 0 Å². The van der Waals surface area contributed by atoms with Crippen LogP contribution in [0.4, 0.5) is 0 Å². The Morgan fingerprint density at radius 1 is 1.00 bits per heavy atom. The highest BCUT2D eigenvalue weighted by Crippen LogP contribution is 2.58. The van der Waals surface area contributed by atoms with Gasteiger partial charge < -0.3 is 18.5 Å². The molecule has 0 aromatic rings. The summed E-state index contributed by atoms with van der Waals surface area (Å²) in [5.74, 6) is -0.965. The minimum absolute atomic E-state index is 0.0107. The predicted octanol–water partition coefficient (Wildman–Crippen LogP) is 5.75. The summed E-state index contributed by atoms with van der Waals surface area (Å²) in [6.07, 6.45) is 1.04. The van der Waals surface area contributed by atoms with E-state index < -0.39 is 37.2 Å². The third kappa shape index (κ3) is 6.55. The van der Waals surface area contributed by atoms with Gasteiger partial charge >= 0.3 is 19.5 Å². The number of rotatable bonds is 10. The van der Waals surface area contributed by atoms with Crippen molar-refractivity contribution in [1.82, 2.24) is 0 Å². The lowest BCUT2D eigenvalue weighted by atomic mass is 9.66. The van der Waals surface area contributed by atoms with Gasteiger partial charge in [0.2, 0.25) is 0 Å². The summed E-state index contributed by atoms with van der Waals surface area (Å²) in [6, 6.07) is 0. The molecule has 7 nitrogen and oxygen atoms in total. The highest BCUT2D eigenvalue weighted by molar-refractivity contribution is 7.55. The van der Waals surface area contributed by atoms with E-state index in [1.807, 2.05) is 0 Å².